The van der Waals surface area contributed by atoms with Crippen LogP contribution in [0.25, 0.3) is 0 Å². The van der Waals surface area contributed by atoms with Gasteiger partial charge in [-0.15, -0.1) is 0 Å². The lowest BCUT2D eigenvalue weighted by molar-refractivity contribution is -0.296. The van der Waals surface area contributed by atoms with Crippen LogP contribution in [0, 0.1) is 56.7 Å². The Bertz CT molecular complexity index is 853. The van der Waals surface area contributed by atoms with Crippen LogP contribution in [0.4, 0.5) is 0 Å². The summed E-state index contributed by atoms with van der Waals surface area (Å²) in [5.74, 6) is 3.05. The average Bonchev–Trinajstić information content (AvgIpc) is 3.13. The first-order valence-corrected chi connectivity index (χ1v) is 14.7. The summed E-state index contributed by atoms with van der Waals surface area (Å²) in [4.78, 5) is 16.9. The van der Waals surface area contributed by atoms with Gasteiger partial charge in [0, 0.05) is 12.3 Å². The molecule has 5 fully saturated rings. The van der Waals surface area contributed by atoms with Crippen molar-refractivity contribution in [3.63, 3.8) is 0 Å². The molecular formula is C31H52O4. The minimum atomic E-state index is -0.127. The molecule has 0 spiro atoms. The zero-order valence-electron chi connectivity index (χ0n) is 23.8. The molecule has 1 unspecified atom stereocenters. The number of carbonyl (C=O) groups is 1. The second kappa shape index (κ2) is 8.19. The largest absolute Gasteiger partial charge is 0.462 e. The Morgan fingerprint density at radius 3 is 2.20 bits per heavy atom. The molecule has 0 aliphatic heterocycles. The van der Waals surface area contributed by atoms with Crippen LogP contribution in [0.5, 0.6) is 0 Å². The van der Waals surface area contributed by atoms with Crippen molar-refractivity contribution in [2.24, 2.45) is 56.7 Å². The lowest BCUT2D eigenvalue weighted by atomic mass is 9.32. The highest BCUT2D eigenvalue weighted by Crippen LogP contribution is 2.77. The van der Waals surface area contributed by atoms with E-state index in [1.807, 2.05) is 0 Å². The van der Waals surface area contributed by atoms with Crippen molar-refractivity contribution in [2.45, 2.75) is 132 Å². The van der Waals surface area contributed by atoms with Gasteiger partial charge in [-0.25, -0.2) is 4.89 Å². The van der Waals surface area contributed by atoms with Crippen molar-refractivity contribution >= 4 is 5.97 Å². The molecule has 0 aromatic heterocycles. The van der Waals surface area contributed by atoms with Crippen LogP contribution in [0.3, 0.4) is 0 Å². The van der Waals surface area contributed by atoms with Crippen molar-refractivity contribution in [3.05, 3.63) is 0 Å². The van der Waals surface area contributed by atoms with Crippen LogP contribution in [-0.4, -0.2) is 23.4 Å². The summed E-state index contributed by atoms with van der Waals surface area (Å²) in [6.45, 7) is 18.9. The Labute approximate surface area is 214 Å². The summed E-state index contributed by atoms with van der Waals surface area (Å²) < 4.78 is 5.90. The van der Waals surface area contributed by atoms with E-state index in [1.54, 1.807) is 6.92 Å². The molecule has 200 valence electrons. The van der Waals surface area contributed by atoms with Gasteiger partial charge in [0.25, 0.3) is 0 Å². The third-order valence-corrected chi connectivity index (χ3v) is 13.9. The molecule has 0 bridgehead atoms. The number of ether oxygens (including phenoxy) is 1. The predicted molar refractivity (Wildman–Crippen MR) is 139 cm³/mol. The first kappa shape index (κ1) is 26.0. The minimum absolute atomic E-state index is 0.0212. The van der Waals surface area contributed by atoms with E-state index in [2.05, 4.69) is 48.5 Å². The number of rotatable bonds is 3. The van der Waals surface area contributed by atoms with E-state index >= 15 is 0 Å². The van der Waals surface area contributed by atoms with Crippen molar-refractivity contribution in [1.82, 2.24) is 0 Å². The van der Waals surface area contributed by atoms with Crippen molar-refractivity contribution in [2.75, 3.05) is 0 Å². The van der Waals surface area contributed by atoms with Gasteiger partial charge in [0.15, 0.2) is 0 Å². The summed E-state index contributed by atoms with van der Waals surface area (Å²) in [6.07, 6.45) is 12.5. The maximum atomic E-state index is 11.9. The van der Waals surface area contributed by atoms with Crippen molar-refractivity contribution < 1.29 is 19.7 Å². The maximum Gasteiger partial charge on any atom is 0.302 e. The average molecular weight is 489 g/mol. The van der Waals surface area contributed by atoms with Gasteiger partial charge in [-0.2, -0.15) is 0 Å². The number of hydrogen-bond donors (Lipinski definition) is 1. The second-order valence-corrected chi connectivity index (χ2v) is 15.3. The maximum absolute atomic E-state index is 11.9. The molecule has 0 aromatic carbocycles. The Balaban J connectivity index is 1.49. The highest BCUT2D eigenvalue weighted by atomic mass is 17.1. The third-order valence-electron chi connectivity index (χ3n) is 13.9. The van der Waals surface area contributed by atoms with Crippen molar-refractivity contribution in [3.8, 4) is 0 Å². The van der Waals surface area contributed by atoms with Gasteiger partial charge < -0.3 is 4.74 Å². The van der Waals surface area contributed by atoms with Crippen LogP contribution in [0.1, 0.15) is 120 Å². The van der Waals surface area contributed by atoms with Crippen LogP contribution in [0.2, 0.25) is 0 Å². The van der Waals surface area contributed by atoms with E-state index in [-0.39, 0.29) is 23.6 Å². The van der Waals surface area contributed by atoms with Crippen LogP contribution >= 0.6 is 0 Å². The Hall–Kier alpha value is -0.610. The number of hydrogen-bond acceptors (Lipinski definition) is 4. The van der Waals surface area contributed by atoms with Gasteiger partial charge in [-0.3, -0.25) is 10.1 Å². The molecule has 5 rings (SSSR count). The fourth-order valence-corrected chi connectivity index (χ4v) is 12.0. The van der Waals surface area contributed by atoms with Gasteiger partial charge in [-0.1, -0.05) is 41.5 Å². The van der Waals surface area contributed by atoms with E-state index in [9.17, 15) is 10.1 Å². The number of fused-ring (bicyclic) bond motifs is 7. The van der Waals surface area contributed by atoms with E-state index in [0.29, 0.717) is 39.4 Å². The highest BCUT2D eigenvalue weighted by molar-refractivity contribution is 5.66. The van der Waals surface area contributed by atoms with Gasteiger partial charge in [-0.05, 0) is 122 Å². The molecule has 0 heterocycles. The lowest BCUT2D eigenvalue weighted by Gasteiger charge is -2.73. The predicted octanol–water partition coefficient (Wildman–Crippen LogP) is 7.90. The SMILES string of the molecule is CC(=O)O[C@H]1CC[C@]2(C)[C@H]3CC[C@@H]4C5[C@H]([C@H](C)OO)CC[C@]5(C)CC[C@@]4(C)[C@]3(C)CC[C@H]2C1(C)C. The van der Waals surface area contributed by atoms with Crippen LogP contribution in [-0.2, 0) is 14.4 Å². The summed E-state index contributed by atoms with van der Waals surface area (Å²) in [6, 6.07) is 0. The Morgan fingerprint density at radius 1 is 0.829 bits per heavy atom. The zero-order valence-corrected chi connectivity index (χ0v) is 23.8. The lowest BCUT2D eigenvalue weighted by Crippen LogP contribution is -2.66. The monoisotopic (exact) mass is 488 g/mol. The normalized spacial score (nSPS) is 53.5. The molecule has 4 nitrogen and oxygen atoms in total. The standard InChI is InChI=1S/C31H52O4/c1-19(35-33)21-11-14-28(5)17-18-30(7)22(26(21)28)9-10-24-29(6)15-13-25(34-20(2)32)27(3,4)23(29)12-16-31(24,30)8/h19,21-26,33H,9-18H2,1-8H3/t19-,21-,22+,23-,24+,25-,26?,28+,29-,30+,31+/m0/s1. The molecule has 5 saturated carbocycles. The smallest absolute Gasteiger partial charge is 0.302 e. The van der Waals surface area contributed by atoms with E-state index < -0.39 is 0 Å². The van der Waals surface area contributed by atoms with Gasteiger partial charge in [0.1, 0.15) is 6.10 Å². The first-order chi connectivity index (χ1) is 16.2. The minimum Gasteiger partial charge on any atom is -0.462 e. The highest BCUT2D eigenvalue weighted by Gasteiger charge is 2.70. The molecule has 0 radical (unpaired) electrons. The molecule has 0 saturated heterocycles. The summed E-state index contributed by atoms with van der Waals surface area (Å²) in [7, 11) is 0. The topological polar surface area (TPSA) is 55.8 Å². The number of esters is 1. The quantitative estimate of drug-likeness (QED) is 0.249. The molecule has 5 aliphatic rings. The summed E-state index contributed by atoms with van der Waals surface area (Å²) in [5.41, 5.74) is 1.40. The second-order valence-electron chi connectivity index (χ2n) is 15.3. The molecule has 4 heteroatoms. The summed E-state index contributed by atoms with van der Waals surface area (Å²) in [5, 5.41) is 9.62. The third kappa shape index (κ3) is 3.40. The van der Waals surface area contributed by atoms with Crippen LogP contribution < -0.4 is 0 Å². The molecule has 35 heavy (non-hydrogen) atoms. The number of carbonyl (C=O) groups excluding carboxylic acids is 1. The van der Waals surface area contributed by atoms with E-state index in [1.165, 1.54) is 57.8 Å². The van der Waals surface area contributed by atoms with Gasteiger partial charge in [0.05, 0.1) is 6.10 Å². The molecule has 0 aromatic rings. The van der Waals surface area contributed by atoms with E-state index in [0.717, 1.165) is 18.3 Å². The molecular weight excluding hydrogens is 436 g/mol. The van der Waals surface area contributed by atoms with Gasteiger partial charge >= 0.3 is 5.97 Å². The fraction of sp³-hybridized carbons (Fsp3) is 0.968. The van der Waals surface area contributed by atoms with E-state index in [4.69, 9.17) is 9.62 Å². The Morgan fingerprint density at radius 2 is 1.54 bits per heavy atom. The van der Waals surface area contributed by atoms with Crippen molar-refractivity contribution in [1.29, 1.82) is 0 Å². The molecule has 11 atom stereocenters. The zero-order chi connectivity index (χ0) is 25.6. The Kier molecular flexibility index (Phi) is 6.09. The first-order valence-electron chi connectivity index (χ1n) is 14.7. The fourth-order valence-electron chi connectivity index (χ4n) is 12.0. The molecule has 1 N–H and O–H groups in total. The van der Waals surface area contributed by atoms with Gasteiger partial charge in [0.2, 0.25) is 0 Å². The van der Waals surface area contributed by atoms with Crippen LogP contribution in [0.15, 0.2) is 0 Å². The summed E-state index contributed by atoms with van der Waals surface area (Å²) >= 11 is 0. The molecule has 0 amide bonds. The molecule has 5 aliphatic carbocycles.